The SMILES string of the molecule is O=Cc1c(Cl)ccc(F)c1Sc1ccccc1CNC(=O)OCC1c2ccccc2-c2ccccc21. The van der Waals surface area contributed by atoms with E-state index in [0.717, 1.165) is 39.6 Å². The van der Waals surface area contributed by atoms with Crippen LogP contribution in [0.1, 0.15) is 33.0 Å². The number of amides is 1. The smallest absolute Gasteiger partial charge is 0.407 e. The predicted octanol–water partition coefficient (Wildman–Crippen LogP) is 7.48. The fourth-order valence-electron chi connectivity index (χ4n) is 4.44. The Bertz CT molecular complexity index is 1410. The summed E-state index contributed by atoms with van der Waals surface area (Å²) in [5.41, 5.74) is 5.46. The molecule has 0 radical (unpaired) electrons. The summed E-state index contributed by atoms with van der Waals surface area (Å²) >= 11 is 7.17. The van der Waals surface area contributed by atoms with Crippen molar-refractivity contribution >= 4 is 35.7 Å². The maximum atomic E-state index is 14.5. The van der Waals surface area contributed by atoms with Gasteiger partial charge in [0.1, 0.15) is 12.4 Å². The highest BCUT2D eigenvalue weighted by Crippen LogP contribution is 2.44. The van der Waals surface area contributed by atoms with Gasteiger partial charge in [-0.15, -0.1) is 0 Å². The Labute approximate surface area is 217 Å². The first-order chi connectivity index (χ1) is 17.6. The Hall–Kier alpha value is -3.61. The Morgan fingerprint density at radius 3 is 2.28 bits per heavy atom. The maximum absolute atomic E-state index is 14.5. The highest BCUT2D eigenvalue weighted by atomic mass is 35.5. The lowest BCUT2D eigenvalue weighted by molar-refractivity contribution is 0.112. The van der Waals surface area contributed by atoms with Crippen LogP contribution < -0.4 is 5.32 Å². The minimum absolute atomic E-state index is 0.0291. The van der Waals surface area contributed by atoms with Gasteiger partial charge < -0.3 is 10.1 Å². The van der Waals surface area contributed by atoms with Gasteiger partial charge in [-0.1, -0.05) is 90.1 Å². The van der Waals surface area contributed by atoms with E-state index < -0.39 is 11.9 Å². The summed E-state index contributed by atoms with van der Waals surface area (Å²) in [6.07, 6.45) is 0.00450. The van der Waals surface area contributed by atoms with Crippen LogP contribution in [-0.2, 0) is 11.3 Å². The van der Waals surface area contributed by atoms with Crippen LogP contribution in [0.3, 0.4) is 0 Å². The Kier molecular flexibility index (Phi) is 7.07. The molecular weight excluding hydrogens is 497 g/mol. The number of hydrogen-bond acceptors (Lipinski definition) is 4. The molecule has 4 aromatic carbocycles. The van der Waals surface area contributed by atoms with Crippen LogP contribution in [0.5, 0.6) is 0 Å². The molecule has 4 aromatic rings. The van der Waals surface area contributed by atoms with Gasteiger partial charge in [-0.25, -0.2) is 9.18 Å². The maximum Gasteiger partial charge on any atom is 0.407 e. The molecule has 0 unspecified atom stereocenters. The third-order valence-electron chi connectivity index (χ3n) is 6.16. The van der Waals surface area contributed by atoms with Crippen molar-refractivity contribution in [1.29, 1.82) is 0 Å². The van der Waals surface area contributed by atoms with Gasteiger partial charge in [0, 0.05) is 22.9 Å². The second-order valence-corrected chi connectivity index (χ2v) is 9.74. The summed E-state index contributed by atoms with van der Waals surface area (Å²) < 4.78 is 20.1. The molecule has 0 aromatic heterocycles. The number of rotatable bonds is 7. The Morgan fingerprint density at radius 1 is 0.944 bits per heavy atom. The number of hydrogen-bond donors (Lipinski definition) is 1. The van der Waals surface area contributed by atoms with Gasteiger partial charge >= 0.3 is 6.09 Å². The first-order valence-electron chi connectivity index (χ1n) is 11.3. The molecule has 0 fully saturated rings. The molecule has 1 aliphatic carbocycles. The molecule has 1 N–H and O–H groups in total. The van der Waals surface area contributed by atoms with Crippen LogP contribution in [-0.4, -0.2) is 19.0 Å². The highest BCUT2D eigenvalue weighted by molar-refractivity contribution is 7.99. The van der Waals surface area contributed by atoms with Gasteiger partial charge in [0.05, 0.1) is 9.92 Å². The summed E-state index contributed by atoms with van der Waals surface area (Å²) in [5.74, 6) is -0.565. The molecule has 0 bridgehead atoms. The first-order valence-corrected chi connectivity index (χ1v) is 12.5. The lowest BCUT2D eigenvalue weighted by Crippen LogP contribution is -2.25. The molecule has 5 rings (SSSR count). The zero-order valence-electron chi connectivity index (χ0n) is 19.0. The summed E-state index contributed by atoms with van der Waals surface area (Å²) in [6.45, 7) is 0.394. The quantitative estimate of drug-likeness (QED) is 0.258. The van der Waals surface area contributed by atoms with E-state index in [1.54, 1.807) is 6.07 Å². The number of nitrogens with one attached hydrogen (secondary N) is 1. The van der Waals surface area contributed by atoms with E-state index in [4.69, 9.17) is 16.3 Å². The van der Waals surface area contributed by atoms with Crippen LogP contribution in [0, 0.1) is 5.82 Å². The van der Waals surface area contributed by atoms with E-state index in [1.165, 1.54) is 12.1 Å². The zero-order valence-corrected chi connectivity index (χ0v) is 20.6. The van der Waals surface area contributed by atoms with Crippen LogP contribution in [0.25, 0.3) is 11.1 Å². The number of ether oxygens (including phenoxy) is 1. The van der Waals surface area contributed by atoms with Crippen molar-refractivity contribution in [3.05, 3.63) is 118 Å². The predicted molar refractivity (Wildman–Crippen MR) is 139 cm³/mol. The van der Waals surface area contributed by atoms with E-state index in [2.05, 4.69) is 29.6 Å². The molecule has 36 heavy (non-hydrogen) atoms. The van der Waals surface area contributed by atoms with E-state index in [-0.39, 0.29) is 34.6 Å². The van der Waals surface area contributed by atoms with Crippen LogP contribution >= 0.6 is 23.4 Å². The normalized spacial score (nSPS) is 12.1. The molecule has 1 aliphatic rings. The highest BCUT2D eigenvalue weighted by Gasteiger charge is 2.29. The van der Waals surface area contributed by atoms with Crippen molar-refractivity contribution in [2.24, 2.45) is 0 Å². The average Bonchev–Trinajstić information content (AvgIpc) is 3.23. The van der Waals surface area contributed by atoms with E-state index in [0.29, 0.717) is 11.2 Å². The molecular formula is C29H21ClFNO3S. The number of carbonyl (C=O) groups is 2. The summed E-state index contributed by atoms with van der Waals surface area (Å²) in [4.78, 5) is 24.9. The largest absolute Gasteiger partial charge is 0.449 e. The van der Waals surface area contributed by atoms with E-state index >= 15 is 0 Å². The second kappa shape index (κ2) is 10.6. The van der Waals surface area contributed by atoms with Crippen LogP contribution in [0.2, 0.25) is 5.02 Å². The summed E-state index contributed by atoms with van der Waals surface area (Å²) in [6, 6.07) is 26.2. The van der Waals surface area contributed by atoms with Crippen molar-refractivity contribution < 1.29 is 18.7 Å². The minimum atomic E-state index is -0.542. The fourth-order valence-corrected chi connectivity index (χ4v) is 5.77. The van der Waals surface area contributed by atoms with Crippen LogP contribution in [0.15, 0.2) is 94.7 Å². The number of fused-ring (bicyclic) bond motifs is 3. The monoisotopic (exact) mass is 517 g/mol. The number of aldehydes is 1. The van der Waals surface area contributed by atoms with E-state index in [1.807, 2.05) is 42.5 Å². The number of alkyl carbamates (subject to hydrolysis) is 1. The van der Waals surface area contributed by atoms with Gasteiger partial charge in [0.25, 0.3) is 0 Å². The topological polar surface area (TPSA) is 55.4 Å². The third kappa shape index (κ3) is 4.74. The number of halogens is 2. The average molecular weight is 518 g/mol. The number of benzene rings is 4. The van der Waals surface area contributed by atoms with E-state index in [9.17, 15) is 14.0 Å². The molecule has 7 heteroatoms. The molecule has 0 saturated heterocycles. The minimum Gasteiger partial charge on any atom is -0.449 e. The Balaban J connectivity index is 1.26. The van der Waals surface area contributed by atoms with Gasteiger partial charge in [-0.3, -0.25) is 4.79 Å². The molecule has 0 saturated carbocycles. The lowest BCUT2D eigenvalue weighted by Gasteiger charge is -2.15. The number of carbonyl (C=O) groups excluding carboxylic acids is 2. The van der Waals surface area contributed by atoms with Crippen molar-refractivity contribution in [3.63, 3.8) is 0 Å². The summed E-state index contributed by atoms with van der Waals surface area (Å²) in [7, 11) is 0. The van der Waals surface area contributed by atoms with Gasteiger partial charge in [0.15, 0.2) is 6.29 Å². The van der Waals surface area contributed by atoms with Gasteiger partial charge in [0.2, 0.25) is 0 Å². The molecule has 0 atom stereocenters. The molecule has 0 spiro atoms. The van der Waals surface area contributed by atoms with Gasteiger partial charge in [-0.2, -0.15) is 0 Å². The standard InChI is InChI=1S/C29H21ClFNO3S/c30-25-13-14-26(31)28(23(25)16-33)36-27-12-6-1-7-18(27)15-32-29(34)35-17-24-21-10-4-2-8-19(21)20-9-3-5-11-22(20)24/h1-14,16,24H,15,17H2,(H,32,34). The molecule has 1 amide bonds. The van der Waals surface area contributed by atoms with Crippen molar-refractivity contribution in [3.8, 4) is 11.1 Å². The third-order valence-corrected chi connectivity index (χ3v) is 7.73. The first kappa shape index (κ1) is 24.1. The molecule has 0 aliphatic heterocycles. The van der Waals surface area contributed by atoms with Gasteiger partial charge in [-0.05, 0) is 46.0 Å². The molecule has 4 nitrogen and oxygen atoms in total. The van der Waals surface area contributed by atoms with Crippen molar-refractivity contribution in [1.82, 2.24) is 5.32 Å². The Morgan fingerprint density at radius 2 is 1.58 bits per heavy atom. The van der Waals surface area contributed by atoms with Crippen molar-refractivity contribution in [2.45, 2.75) is 22.3 Å². The zero-order chi connectivity index (χ0) is 25.1. The van der Waals surface area contributed by atoms with Crippen molar-refractivity contribution in [2.75, 3.05) is 6.61 Å². The molecule has 0 heterocycles. The van der Waals surface area contributed by atoms with Crippen LogP contribution in [0.4, 0.5) is 9.18 Å². The lowest BCUT2D eigenvalue weighted by atomic mass is 9.98. The second-order valence-electron chi connectivity index (χ2n) is 8.28. The summed E-state index contributed by atoms with van der Waals surface area (Å²) in [5, 5.41) is 2.97. The fraction of sp³-hybridized carbons (Fsp3) is 0.103. The molecule has 180 valence electrons.